The third-order valence-electron chi connectivity index (χ3n) is 4.43. The first kappa shape index (κ1) is 19.1. The van der Waals surface area contributed by atoms with Gasteiger partial charge >= 0.3 is 5.97 Å². The van der Waals surface area contributed by atoms with Gasteiger partial charge in [0.2, 0.25) is 0 Å². The van der Waals surface area contributed by atoms with Crippen LogP contribution in [0.15, 0.2) is 59.7 Å². The van der Waals surface area contributed by atoms with Crippen molar-refractivity contribution >= 4 is 28.1 Å². The van der Waals surface area contributed by atoms with Crippen LogP contribution in [0.2, 0.25) is 0 Å². The molecule has 5 nitrogen and oxygen atoms in total. The van der Waals surface area contributed by atoms with Gasteiger partial charge in [-0.15, -0.1) is 0 Å². The Morgan fingerprint density at radius 1 is 1.37 bits per heavy atom. The van der Waals surface area contributed by atoms with Gasteiger partial charge in [-0.3, -0.25) is 4.21 Å². The number of carbonyl (C=O) groups is 1. The number of fused-ring (bicyclic) bond motifs is 1. The molecule has 2 aromatic rings. The Morgan fingerprint density at radius 3 is 2.78 bits per heavy atom. The molecule has 0 spiro atoms. The molecule has 1 aliphatic rings. The minimum absolute atomic E-state index is 0.150. The van der Waals surface area contributed by atoms with E-state index in [2.05, 4.69) is 0 Å². The molecule has 0 bridgehead atoms. The van der Waals surface area contributed by atoms with Gasteiger partial charge in [0, 0.05) is 30.1 Å². The molecule has 7 heteroatoms. The Balaban J connectivity index is 2.07. The number of hydrogen-bond acceptors (Lipinski definition) is 4. The van der Waals surface area contributed by atoms with Crippen molar-refractivity contribution in [3.8, 4) is 5.75 Å². The summed E-state index contributed by atoms with van der Waals surface area (Å²) in [6.45, 7) is 2.69. The van der Waals surface area contributed by atoms with E-state index in [0.717, 1.165) is 24.4 Å². The van der Waals surface area contributed by atoms with Crippen LogP contribution in [-0.4, -0.2) is 27.6 Å². The number of rotatable bonds is 5. The molecule has 0 fully saturated rings. The number of carboxylic acids is 1. The molecule has 0 saturated heterocycles. The van der Waals surface area contributed by atoms with Gasteiger partial charge in [-0.1, -0.05) is 31.5 Å². The molecule has 1 aliphatic heterocycles. The van der Waals surface area contributed by atoms with Crippen LogP contribution < -0.4 is 9.64 Å². The lowest BCUT2D eigenvalue weighted by Gasteiger charge is -2.27. The second-order valence-electron chi connectivity index (χ2n) is 6.24. The molecule has 0 aromatic heterocycles. The average molecular weight is 389 g/mol. The Morgan fingerprint density at radius 2 is 2.11 bits per heavy atom. The first-order valence-corrected chi connectivity index (χ1v) is 9.92. The van der Waals surface area contributed by atoms with Gasteiger partial charge in [-0.25, -0.2) is 9.18 Å². The van der Waals surface area contributed by atoms with E-state index in [1.165, 1.54) is 12.1 Å². The minimum Gasteiger partial charge on any atom is -0.478 e. The fourth-order valence-electron chi connectivity index (χ4n) is 2.99. The zero-order valence-corrected chi connectivity index (χ0v) is 15.6. The summed E-state index contributed by atoms with van der Waals surface area (Å²) in [6, 6.07) is 12.3. The SMILES string of the molecule is CCC1CN(c2ccccc2)c2cc(F)c(O/C=C/C(=O)O)cc2S(=O)C1. The number of anilines is 2. The second kappa shape index (κ2) is 8.35. The predicted octanol–water partition coefficient (Wildman–Crippen LogP) is 4.09. The number of carboxylic acid groups (broad SMARTS) is 1. The summed E-state index contributed by atoms with van der Waals surface area (Å²) < 4.78 is 32.6. The minimum atomic E-state index is -1.32. The van der Waals surface area contributed by atoms with E-state index in [1.54, 1.807) is 0 Å². The topological polar surface area (TPSA) is 66.8 Å². The molecule has 142 valence electrons. The number of halogens is 1. The van der Waals surface area contributed by atoms with E-state index in [4.69, 9.17) is 9.84 Å². The lowest BCUT2D eigenvalue weighted by Crippen LogP contribution is -2.25. The first-order valence-electron chi connectivity index (χ1n) is 8.60. The number of para-hydroxylation sites is 1. The van der Waals surface area contributed by atoms with Crippen LogP contribution in [0.4, 0.5) is 15.8 Å². The normalized spacial score (nSPS) is 19.6. The van der Waals surface area contributed by atoms with E-state index < -0.39 is 22.6 Å². The van der Waals surface area contributed by atoms with Crippen molar-refractivity contribution in [1.29, 1.82) is 0 Å². The maximum absolute atomic E-state index is 14.6. The lowest BCUT2D eigenvalue weighted by atomic mass is 10.1. The zero-order valence-electron chi connectivity index (χ0n) is 14.8. The lowest BCUT2D eigenvalue weighted by molar-refractivity contribution is -0.131. The summed E-state index contributed by atoms with van der Waals surface area (Å²) in [4.78, 5) is 13.0. The highest BCUT2D eigenvalue weighted by atomic mass is 32.2. The van der Waals surface area contributed by atoms with Crippen molar-refractivity contribution in [2.45, 2.75) is 18.2 Å². The third-order valence-corrected chi connectivity index (χ3v) is 6.02. The van der Waals surface area contributed by atoms with Gasteiger partial charge in [0.1, 0.15) is 0 Å². The van der Waals surface area contributed by atoms with Gasteiger partial charge in [0.15, 0.2) is 11.6 Å². The number of benzene rings is 2. The van der Waals surface area contributed by atoms with Gasteiger partial charge in [-0.2, -0.15) is 0 Å². The van der Waals surface area contributed by atoms with Crippen LogP contribution >= 0.6 is 0 Å². The third kappa shape index (κ3) is 4.36. The maximum Gasteiger partial charge on any atom is 0.331 e. The van der Waals surface area contributed by atoms with Gasteiger partial charge in [0.25, 0.3) is 0 Å². The molecule has 0 radical (unpaired) electrons. The zero-order chi connectivity index (χ0) is 19.4. The van der Waals surface area contributed by atoms with Crippen LogP contribution in [0, 0.1) is 11.7 Å². The van der Waals surface area contributed by atoms with Crippen molar-refractivity contribution in [3.63, 3.8) is 0 Å². The quantitative estimate of drug-likeness (QED) is 0.616. The van der Waals surface area contributed by atoms with Crippen molar-refractivity contribution in [2.24, 2.45) is 5.92 Å². The highest BCUT2D eigenvalue weighted by Gasteiger charge is 2.28. The number of aliphatic carboxylic acids is 1. The molecule has 3 rings (SSSR count). The molecule has 1 heterocycles. The Bertz CT molecular complexity index is 885. The highest BCUT2D eigenvalue weighted by molar-refractivity contribution is 7.85. The van der Waals surface area contributed by atoms with Crippen LogP contribution in [0.5, 0.6) is 5.75 Å². The highest BCUT2D eigenvalue weighted by Crippen LogP contribution is 2.38. The van der Waals surface area contributed by atoms with Crippen LogP contribution in [0.1, 0.15) is 13.3 Å². The van der Waals surface area contributed by atoms with E-state index in [1.807, 2.05) is 42.2 Å². The fourth-order valence-corrected chi connectivity index (χ4v) is 4.58. The predicted molar refractivity (Wildman–Crippen MR) is 102 cm³/mol. The van der Waals surface area contributed by atoms with Crippen molar-refractivity contribution < 1.29 is 23.2 Å². The van der Waals surface area contributed by atoms with E-state index in [9.17, 15) is 13.4 Å². The second-order valence-corrected chi connectivity index (χ2v) is 7.71. The molecule has 27 heavy (non-hydrogen) atoms. The summed E-state index contributed by atoms with van der Waals surface area (Å²) >= 11 is 0. The van der Waals surface area contributed by atoms with E-state index in [0.29, 0.717) is 22.9 Å². The van der Waals surface area contributed by atoms with E-state index in [-0.39, 0.29) is 11.7 Å². The molecule has 0 aliphatic carbocycles. The number of hydrogen-bond donors (Lipinski definition) is 1. The molecule has 1 N–H and O–H groups in total. The summed E-state index contributed by atoms with van der Waals surface area (Å²) in [5, 5.41) is 8.63. The fraction of sp³-hybridized carbons (Fsp3) is 0.250. The molecular formula is C20H20FNO4S. The smallest absolute Gasteiger partial charge is 0.331 e. The largest absolute Gasteiger partial charge is 0.478 e. The summed E-state index contributed by atoms with van der Waals surface area (Å²) in [5.74, 6) is -1.32. The Hall–Kier alpha value is -2.67. The standard InChI is InChI=1S/C20H20FNO4S/c1-2-14-12-22(15-6-4-3-5-7-15)17-10-16(21)18(26-9-8-20(23)24)11-19(17)27(25)13-14/h3-11,14H,2,12-13H2,1H3,(H,23,24)/b9-8+. The Labute approximate surface area is 159 Å². The van der Waals surface area contributed by atoms with Crippen molar-refractivity contribution in [1.82, 2.24) is 0 Å². The molecule has 2 aromatic carbocycles. The number of ether oxygens (including phenoxy) is 1. The van der Waals surface area contributed by atoms with E-state index >= 15 is 0 Å². The molecule has 0 amide bonds. The van der Waals surface area contributed by atoms with Crippen LogP contribution in [-0.2, 0) is 15.6 Å². The van der Waals surface area contributed by atoms with Gasteiger partial charge < -0.3 is 14.7 Å². The molecular weight excluding hydrogens is 369 g/mol. The van der Waals surface area contributed by atoms with Crippen LogP contribution in [0.3, 0.4) is 0 Å². The molecule has 2 atom stereocenters. The average Bonchev–Trinajstić information content (AvgIpc) is 2.79. The maximum atomic E-state index is 14.6. The summed E-state index contributed by atoms with van der Waals surface area (Å²) in [5.41, 5.74) is 1.44. The summed E-state index contributed by atoms with van der Waals surface area (Å²) in [6.07, 6.45) is 2.53. The van der Waals surface area contributed by atoms with Gasteiger partial charge in [0.05, 0.1) is 33.7 Å². The first-order chi connectivity index (χ1) is 13.0. The number of nitrogens with zero attached hydrogens (tertiary/aromatic N) is 1. The molecule has 0 saturated carbocycles. The van der Waals surface area contributed by atoms with Crippen molar-refractivity contribution in [3.05, 3.63) is 60.6 Å². The monoisotopic (exact) mass is 389 g/mol. The summed E-state index contributed by atoms with van der Waals surface area (Å²) in [7, 11) is -1.32. The molecule has 2 unspecified atom stereocenters. The van der Waals surface area contributed by atoms with Gasteiger partial charge in [-0.05, 0) is 18.1 Å². The van der Waals surface area contributed by atoms with Crippen LogP contribution in [0.25, 0.3) is 0 Å². The Kier molecular flexibility index (Phi) is 5.91. The van der Waals surface area contributed by atoms with Crippen molar-refractivity contribution in [2.75, 3.05) is 17.2 Å².